The summed E-state index contributed by atoms with van der Waals surface area (Å²) < 4.78 is 28.8. The molecule has 0 unspecified atom stereocenters. The molecule has 0 fully saturated rings. The lowest BCUT2D eigenvalue weighted by Crippen LogP contribution is -2.32. The Hall–Kier alpha value is -3.49. The van der Waals surface area contributed by atoms with Crippen LogP contribution in [0.25, 0.3) is 11.0 Å². The summed E-state index contributed by atoms with van der Waals surface area (Å²) in [5.74, 6) is -1.07. The van der Waals surface area contributed by atoms with Crippen molar-refractivity contribution in [2.45, 2.75) is 20.0 Å². The molecule has 0 saturated carbocycles. The Bertz CT molecular complexity index is 1110. The van der Waals surface area contributed by atoms with E-state index in [1.54, 1.807) is 33.3 Å². The summed E-state index contributed by atoms with van der Waals surface area (Å²) in [7, 11) is 4.91. The largest absolute Gasteiger partial charge is 0.345 e. The number of carbonyl (C=O) groups excluding carboxylic acids is 2. The molecule has 9 heteroatoms. The van der Waals surface area contributed by atoms with Crippen LogP contribution in [0.1, 0.15) is 23.1 Å². The van der Waals surface area contributed by atoms with Gasteiger partial charge in [-0.25, -0.2) is 18.6 Å². The van der Waals surface area contributed by atoms with Crippen molar-refractivity contribution in [2.75, 3.05) is 26.5 Å². The normalized spacial score (nSPS) is 10.9. The SMILES string of the molecule is CCn1c(CN(C)C(=O)Nc2ccc(F)cc2F)nc2cc(C(=O)N(C)C)ccc21. The standard InChI is InChI=1S/C21H23F2N5O2/c1-5-28-18-9-6-13(20(29)26(2)3)10-17(18)24-19(28)12-27(4)21(30)25-16-8-7-14(22)11-15(16)23/h6-11H,5,12H2,1-4H3,(H,25,30). The van der Waals surface area contributed by atoms with E-state index in [1.165, 1.54) is 15.9 Å². The molecule has 7 nitrogen and oxygen atoms in total. The molecule has 3 rings (SSSR count). The van der Waals surface area contributed by atoms with E-state index in [1.807, 2.05) is 17.6 Å². The number of anilines is 1. The minimum absolute atomic E-state index is 0.107. The van der Waals surface area contributed by atoms with Crippen LogP contribution in [-0.4, -0.2) is 52.4 Å². The number of nitrogens with one attached hydrogen (secondary N) is 1. The van der Waals surface area contributed by atoms with Gasteiger partial charge in [0, 0.05) is 39.3 Å². The zero-order valence-electron chi connectivity index (χ0n) is 17.2. The summed E-state index contributed by atoms with van der Waals surface area (Å²) in [5, 5.41) is 2.42. The third-order valence-electron chi connectivity index (χ3n) is 4.69. The Kier molecular flexibility index (Phi) is 6.00. The molecule has 3 aromatic rings. The van der Waals surface area contributed by atoms with Gasteiger partial charge >= 0.3 is 6.03 Å². The average molecular weight is 415 g/mol. The van der Waals surface area contributed by atoms with Gasteiger partial charge in [0.15, 0.2) is 0 Å². The second-order valence-electron chi connectivity index (χ2n) is 7.09. The van der Waals surface area contributed by atoms with E-state index in [4.69, 9.17) is 0 Å². The van der Waals surface area contributed by atoms with Gasteiger partial charge in [-0.3, -0.25) is 4.79 Å². The summed E-state index contributed by atoms with van der Waals surface area (Å²) in [6, 6.07) is 7.69. The Balaban J connectivity index is 1.83. The number of imidazole rings is 1. The molecule has 0 spiro atoms. The summed E-state index contributed by atoms with van der Waals surface area (Å²) in [4.78, 5) is 32.1. The molecule has 0 bridgehead atoms. The molecule has 30 heavy (non-hydrogen) atoms. The summed E-state index contributed by atoms with van der Waals surface area (Å²) in [6.45, 7) is 2.74. The second-order valence-corrected chi connectivity index (χ2v) is 7.09. The van der Waals surface area contributed by atoms with E-state index in [0.29, 0.717) is 29.5 Å². The lowest BCUT2D eigenvalue weighted by molar-refractivity contribution is 0.0827. The van der Waals surface area contributed by atoms with Crippen molar-refractivity contribution in [1.29, 1.82) is 0 Å². The van der Waals surface area contributed by atoms with Crippen LogP contribution in [-0.2, 0) is 13.1 Å². The van der Waals surface area contributed by atoms with Gasteiger partial charge in [0.1, 0.15) is 17.5 Å². The van der Waals surface area contributed by atoms with Crippen molar-refractivity contribution < 1.29 is 18.4 Å². The number of aromatic nitrogens is 2. The van der Waals surface area contributed by atoms with Gasteiger partial charge in [-0.05, 0) is 37.3 Å². The maximum absolute atomic E-state index is 13.8. The highest BCUT2D eigenvalue weighted by Gasteiger charge is 2.18. The highest BCUT2D eigenvalue weighted by molar-refractivity contribution is 5.97. The molecule has 0 aliphatic heterocycles. The fourth-order valence-corrected chi connectivity index (χ4v) is 3.13. The molecule has 1 aromatic heterocycles. The molecular weight excluding hydrogens is 392 g/mol. The Morgan fingerprint density at radius 1 is 1.10 bits per heavy atom. The van der Waals surface area contributed by atoms with Crippen LogP contribution in [0.15, 0.2) is 36.4 Å². The number of fused-ring (bicyclic) bond motifs is 1. The summed E-state index contributed by atoms with van der Waals surface area (Å²) in [5.41, 5.74) is 1.92. The molecule has 0 radical (unpaired) electrons. The molecule has 3 amide bonds. The molecular formula is C21H23F2N5O2. The Morgan fingerprint density at radius 2 is 1.83 bits per heavy atom. The highest BCUT2D eigenvalue weighted by atomic mass is 19.1. The smallest absolute Gasteiger partial charge is 0.322 e. The second kappa shape index (κ2) is 8.48. The zero-order valence-corrected chi connectivity index (χ0v) is 17.2. The Morgan fingerprint density at radius 3 is 2.47 bits per heavy atom. The van der Waals surface area contributed by atoms with Crippen LogP contribution in [0.4, 0.5) is 19.3 Å². The number of benzene rings is 2. The monoisotopic (exact) mass is 415 g/mol. The molecule has 0 atom stereocenters. The van der Waals surface area contributed by atoms with Gasteiger partial charge in [-0.2, -0.15) is 0 Å². The van der Waals surface area contributed by atoms with Crippen LogP contribution in [0.3, 0.4) is 0 Å². The summed E-state index contributed by atoms with van der Waals surface area (Å²) in [6.07, 6.45) is 0. The van der Waals surface area contributed by atoms with Gasteiger partial charge in [0.2, 0.25) is 0 Å². The number of urea groups is 1. The molecule has 0 aliphatic rings. The fourth-order valence-electron chi connectivity index (χ4n) is 3.13. The lowest BCUT2D eigenvalue weighted by Gasteiger charge is -2.18. The average Bonchev–Trinajstić information content (AvgIpc) is 3.05. The topological polar surface area (TPSA) is 70.5 Å². The van der Waals surface area contributed by atoms with Gasteiger partial charge < -0.3 is 19.7 Å². The van der Waals surface area contributed by atoms with Crippen molar-refractivity contribution in [3.8, 4) is 0 Å². The summed E-state index contributed by atoms with van der Waals surface area (Å²) >= 11 is 0. The van der Waals surface area contributed by atoms with Crippen LogP contribution in [0.5, 0.6) is 0 Å². The van der Waals surface area contributed by atoms with Crippen molar-refractivity contribution in [3.63, 3.8) is 0 Å². The van der Waals surface area contributed by atoms with Crippen molar-refractivity contribution in [3.05, 3.63) is 59.4 Å². The van der Waals surface area contributed by atoms with E-state index >= 15 is 0 Å². The number of carbonyl (C=O) groups is 2. The number of hydrogen-bond donors (Lipinski definition) is 1. The number of hydrogen-bond acceptors (Lipinski definition) is 3. The number of rotatable bonds is 5. The maximum Gasteiger partial charge on any atom is 0.322 e. The van der Waals surface area contributed by atoms with E-state index in [2.05, 4.69) is 10.3 Å². The first-order valence-electron chi connectivity index (χ1n) is 9.39. The molecule has 1 N–H and O–H groups in total. The molecule has 0 aliphatic carbocycles. The van der Waals surface area contributed by atoms with Crippen LogP contribution in [0, 0.1) is 11.6 Å². The first-order valence-corrected chi connectivity index (χ1v) is 9.39. The highest BCUT2D eigenvalue weighted by Crippen LogP contribution is 2.20. The number of nitrogens with zero attached hydrogens (tertiary/aromatic N) is 4. The van der Waals surface area contributed by atoms with Crippen molar-refractivity contribution in [1.82, 2.24) is 19.4 Å². The van der Waals surface area contributed by atoms with Crippen LogP contribution in [0.2, 0.25) is 0 Å². The van der Waals surface area contributed by atoms with Crippen molar-refractivity contribution in [2.24, 2.45) is 0 Å². The van der Waals surface area contributed by atoms with E-state index < -0.39 is 17.7 Å². The minimum atomic E-state index is -0.851. The van der Waals surface area contributed by atoms with E-state index in [-0.39, 0.29) is 18.1 Å². The molecule has 0 saturated heterocycles. The molecule has 1 heterocycles. The van der Waals surface area contributed by atoms with E-state index in [9.17, 15) is 18.4 Å². The van der Waals surface area contributed by atoms with Crippen LogP contribution >= 0.6 is 0 Å². The fraction of sp³-hybridized carbons (Fsp3) is 0.286. The number of aryl methyl sites for hydroxylation is 1. The maximum atomic E-state index is 13.8. The molecule has 2 aromatic carbocycles. The molecule has 158 valence electrons. The Labute approximate surface area is 172 Å². The minimum Gasteiger partial charge on any atom is -0.345 e. The predicted octanol–water partition coefficient (Wildman–Crippen LogP) is 3.70. The number of amides is 3. The third kappa shape index (κ3) is 4.24. The van der Waals surface area contributed by atoms with Crippen molar-refractivity contribution >= 4 is 28.7 Å². The van der Waals surface area contributed by atoms with Gasteiger partial charge in [-0.1, -0.05) is 0 Å². The zero-order chi connectivity index (χ0) is 22.0. The van der Waals surface area contributed by atoms with E-state index in [0.717, 1.165) is 11.6 Å². The first-order chi connectivity index (χ1) is 14.2. The number of halogens is 2. The predicted molar refractivity (Wildman–Crippen MR) is 110 cm³/mol. The third-order valence-corrected chi connectivity index (χ3v) is 4.69. The first kappa shape index (κ1) is 21.2. The van der Waals surface area contributed by atoms with Crippen LogP contribution < -0.4 is 5.32 Å². The quantitative estimate of drug-likeness (QED) is 0.691. The lowest BCUT2D eigenvalue weighted by atomic mass is 10.2. The van der Waals surface area contributed by atoms with Gasteiger partial charge in [0.25, 0.3) is 5.91 Å². The van der Waals surface area contributed by atoms with Gasteiger partial charge in [-0.15, -0.1) is 0 Å². The van der Waals surface area contributed by atoms with Gasteiger partial charge in [0.05, 0.1) is 23.3 Å².